The lowest BCUT2D eigenvalue weighted by atomic mass is 9.94. The van der Waals surface area contributed by atoms with Gasteiger partial charge in [0.05, 0.1) is 31.1 Å². The van der Waals surface area contributed by atoms with E-state index < -0.39 is 23.8 Å². The van der Waals surface area contributed by atoms with E-state index in [1.165, 1.54) is 24.1 Å². The number of rotatable bonds is 7. The molecule has 11 heteroatoms. The first-order valence-electron chi connectivity index (χ1n) is 11.1. The second-order valence-electron chi connectivity index (χ2n) is 7.97. The number of aromatic hydroxyl groups is 1. The molecule has 1 aliphatic rings. The number of hydrogen-bond acceptors (Lipinski definition) is 8. The molecule has 2 amide bonds. The molecule has 11 nitrogen and oxygen atoms in total. The van der Waals surface area contributed by atoms with Crippen LogP contribution in [-0.4, -0.2) is 46.4 Å². The van der Waals surface area contributed by atoms with E-state index in [1.807, 2.05) is 0 Å². The zero-order valence-corrected chi connectivity index (χ0v) is 19.9. The predicted molar refractivity (Wildman–Crippen MR) is 131 cm³/mol. The smallest absolute Gasteiger partial charge is 0.338 e. The van der Waals surface area contributed by atoms with E-state index in [2.05, 4.69) is 15.7 Å². The highest BCUT2D eigenvalue weighted by Crippen LogP contribution is 2.40. The Balaban J connectivity index is 1.74. The number of phenolic OH excluding ortho intramolecular Hbond substituents is 1. The monoisotopic (exact) mass is 491 g/mol. The molecule has 0 spiro atoms. The van der Waals surface area contributed by atoms with E-state index in [0.29, 0.717) is 33.9 Å². The summed E-state index contributed by atoms with van der Waals surface area (Å²) in [7, 11) is 1.42. The van der Waals surface area contributed by atoms with Crippen molar-refractivity contribution in [1.82, 2.24) is 9.78 Å². The van der Waals surface area contributed by atoms with Crippen LogP contribution >= 0.6 is 0 Å². The van der Waals surface area contributed by atoms with Crippen LogP contribution in [0, 0.1) is 0 Å². The van der Waals surface area contributed by atoms with Gasteiger partial charge in [0.1, 0.15) is 17.4 Å². The largest absolute Gasteiger partial charge is 0.504 e. The average molecular weight is 492 g/mol. The number of anilines is 2. The van der Waals surface area contributed by atoms with Gasteiger partial charge >= 0.3 is 5.97 Å². The summed E-state index contributed by atoms with van der Waals surface area (Å²) in [6.45, 7) is 3.68. The first-order valence-corrected chi connectivity index (χ1v) is 11.1. The second kappa shape index (κ2) is 9.82. The molecule has 1 aliphatic heterocycles. The maximum atomic E-state index is 13.5. The Morgan fingerprint density at radius 3 is 2.56 bits per heavy atom. The van der Waals surface area contributed by atoms with Crippen LogP contribution in [0.4, 0.5) is 11.5 Å². The van der Waals surface area contributed by atoms with Crippen LogP contribution in [0.1, 0.15) is 46.2 Å². The molecule has 0 unspecified atom stereocenters. The molecule has 186 valence electrons. The fraction of sp³-hybridized carbons (Fsp3) is 0.200. The van der Waals surface area contributed by atoms with Crippen molar-refractivity contribution < 1.29 is 29.0 Å². The van der Waals surface area contributed by atoms with Crippen LogP contribution in [0.2, 0.25) is 0 Å². The molecule has 1 aromatic heterocycles. The number of phenols is 1. The van der Waals surface area contributed by atoms with Crippen molar-refractivity contribution in [2.45, 2.75) is 19.9 Å². The number of hydrogen-bond donors (Lipinski definition) is 4. The number of nitrogens with one attached hydrogen (secondary N) is 2. The third-order valence-electron chi connectivity index (χ3n) is 5.71. The number of fused-ring (bicyclic) bond motifs is 1. The lowest BCUT2D eigenvalue weighted by molar-refractivity contribution is -0.113. The third-order valence-corrected chi connectivity index (χ3v) is 5.71. The molecule has 5 N–H and O–H groups in total. The average Bonchev–Trinajstić information content (AvgIpc) is 3.28. The number of carbonyl (C=O) groups excluding carboxylic acids is 3. The molecule has 1 atom stereocenters. The van der Waals surface area contributed by atoms with Crippen molar-refractivity contribution in [3.8, 4) is 11.5 Å². The van der Waals surface area contributed by atoms with Crippen molar-refractivity contribution in [3.05, 3.63) is 76.6 Å². The third kappa shape index (κ3) is 4.45. The van der Waals surface area contributed by atoms with Crippen LogP contribution in [0.5, 0.6) is 11.5 Å². The van der Waals surface area contributed by atoms with Crippen LogP contribution < -0.4 is 21.1 Å². The van der Waals surface area contributed by atoms with Crippen LogP contribution in [0.3, 0.4) is 0 Å². The predicted octanol–water partition coefficient (Wildman–Crippen LogP) is 2.80. The summed E-state index contributed by atoms with van der Waals surface area (Å²) >= 11 is 0. The van der Waals surface area contributed by atoms with Gasteiger partial charge in [-0.2, -0.15) is 5.10 Å². The van der Waals surface area contributed by atoms with E-state index in [9.17, 15) is 19.5 Å². The second-order valence-corrected chi connectivity index (χ2v) is 7.97. The zero-order chi connectivity index (χ0) is 26.0. The Kier molecular flexibility index (Phi) is 6.64. The molecule has 0 saturated carbocycles. The molecule has 0 bridgehead atoms. The zero-order valence-electron chi connectivity index (χ0n) is 19.9. The number of primary amides is 1. The lowest BCUT2D eigenvalue weighted by Gasteiger charge is -2.30. The Bertz CT molecular complexity index is 1380. The van der Waals surface area contributed by atoms with Crippen molar-refractivity contribution in [2.75, 3.05) is 24.4 Å². The van der Waals surface area contributed by atoms with Crippen molar-refractivity contribution in [2.24, 2.45) is 5.73 Å². The minimum Gasteiger partial charge on any atom is -0.504 e. The van der Waals surface area contributed by atoms with Crippen LogP contribution in [-0.2, 0) is 9.53 Å². The van der Waals surface area contributed by atoms with Gasteiger partial charge in [-0.05, 0) is 55.8 Å². The SMILES string of the molecule is CCOC(=O)c1ccc(NC(=O)C2=C(C)Nc3c(C(N)=O)cnn3[C@H]2c2ccc(O)c(OC)c2)cc1. The highest BCUT2D eigenvalue weighted by molar-refractivity contribution is 6.07. The molecular formula is C25H25N5O6. The number of esters is 1. The van der Waals surface area contributed by atoms with Crippen molar-refractivity contribution in [1.29, 1.82) is 0 Å². The molecule has 3 aromatic rings. The fourth-order valence-electron chi connectivity index (χ4n) is 4.00. The maximum absolute atomic E-state index is 13.5. The summed E-state index contributed by atoms with van der Waals surface area (Å²) in [6.07, 6.45) is 1.33. The summed E-state index contributed by atoms with van der Waals surface area (Å²) in [5.74, 6) is -1.09. The van der Waals surface area contributed by atoms with Crippen LogP contribution in [0.15, 0.2) is 59.9 Å². The maximum Gasteiger partial charge on any atom is 0.338 e. The molecule has 0 aliphatic carbocycles. The first kappa shape index (κ1) is 24.3. The number of nitrogens with two attached hydrogens (primary N) is 1. The normalized spacial score (nSPS) is 14.5. The fourth-order valence-corrected chi connectivity index (χ4v) is 4.00. The van der Waals surface area contributed by atoms with E-state index in [0.717, 1.165) is 0 Å². The Morgan fingerprint density at radius 1 is 1.19 bits per heavy atom. The van der Waals surface area contributed by atoms with Gasteiger partial charge in [0, 0.05) is 11.4 Å². The molecule has 0 radical (unpaired) electrons. The Labute approximate surface area is 206 Å². The highest BCUT2D eigenvalue weighted by atomic mass is 16.5. The summed E-state index contributed by atoms with van der Waals surface area (Å²) in [6, 6.07) is 10.2. The molecule has 0 saturated heterocycles. The van der Waals surface area contributed by atoms with Gasteiger partial charge in [-0.25, -0.2) is 9.48 Å². The number of allylic oxidation sites excluding steroid dienone is 1. The van der Waals surface area contributed by atoms with Gasteiger partial charge in [-0.3, -0.25) is 9.59 Å². The molecule has 2 heterocycles. The number of ether oxygens (including phenoxy) is 2. The van der Waals surface area contributed by atoms with Gasteiger partial charge < -0.3 is 30.9 Å². The number of amides is 2. The Hall–Kier alpha value is -4.80. The standard InChI is InChI=1S/C25H25N5O6/c1-4-36-25(34)14-5-8-16(9-6-14)29-24(33)20-13(2)28-23-17(22(26)32)12-27-30(23)21(20)15-7-10-18(31)19(11-15)35-3/h5-12,21,28,31H,4H2,1-3H3,(H2,26,32)(H,29,33)/t21-/m0/s1. The summed E-state index contributed by atoms with van der Waals surface area (Å²) in [5.41, 5.74) is 7.86. The number of carbonyl (C=O) groups is 3. The topological polar surface area (TPSA) is 158 Å². The highest BCUT2D eigenvalue weighted by Gasteiger charge is 2.35. The first-order chi connectivity index (χ1) is 17.2. The molecule has 4 rings (SSSR count). The molecular weight excluding hydrogens is 466 g/mol. The number of methoxy groups -OCH3 is 1. The van der Waals surface area contributed by atoms with Gasteiger partial charge in [-0.15, -0.1) is 0 Å². The molecule has 0 fully saturated rings. The summed E-state index contributed by atoms with van der Waals surface area (Å²) < 4.78 is 11.7. The van der Waals surface area contributed by atoms with Gasteiger partial charge in [-0.1, -0.05) is 6.07 Å². The van der Waals surface area contributed by atoms with Gasteiger partial charge in [0.2, 0.25) is 0 Å². The lowest BCUT2D eigenvalue weighted by Crippen LogP contribution is -2.32. The van der Waals surface area contributed by atoms with E-state index >= 15 is 0 Å². The van der Waals surface area contributed by atoms with Crippen molar-refractivity contribution in [3.63, 3.8) is 0 Å². The Morgan fingerprint density at radius 2 is 1.92 bits per heavy atom. The number of benzene rings is 2. The minimum absolute atomic E-state index is 0.0675. The van der Waals surface area contributed by atoms with Crippen molar-refractivity contribution >= 4 is 29.3 Å². The molecule has 2 aromatic carbocycles. The number of aromatic nitrogens is 2. The summed E-state index contributed by atoms with van der Waals surface area (Å²) in [4.78, 5) is 37.4. The minimum atomic E-state index is -0.775. The van der Waals surface area contributed by atoms with E-state index in [1.54, 1.807) is 50.2 Å². The quantitative estimate of drug-likeness (QED) is 0.367. The van der Waals surface area contributed by atoms with Crippen LogP contribution in [0.25, 0.3) is 0 Å². The molecule has 36 heavy (non-hydrogen) atoms. The van der Waals surface area contributed by atoms with E-state index in [4.69, 9.17) is 15.2 Å². The van der Waals surface area contributed by atoms with Gasteiger partial charge in [0.25, 0.3) is 11.8 Å². The van der Waals surface area contributed by atoms with E-state index in [-0.39, 0.29) is 23.7 Å². The summed E-state index contributed by atoms with van der Waals surface area (Å²) in [5, 5.41) is 20.3. The number of nitrogens with zero attached hydrogens (tertiary/aromatic N) is 2. The van der Waals surface area contributed by atoms with Gasteiger partial charge in [0.15, 0.2) is 11.5 Å².